The smallest absolute Gasteiger partial charge is 0.307 e. The number of amides is 1. The molecule has 27 heavy (non-hydrogen) atoms. The molecule has 0 atom stereocenters. The van der Waals surface area contributed by atoms with Crippen molar-refractivity contribution in [3.05, 3.63) is 71.3 Å². The first kappa shape index (κ1) is 20.6. The Hall–Kier alpha value is -2.73. The lowest BCUT2D eigenvalue weighted by molar-refractivity contribution is -0.143. The Labute approximate surface area is 165 Å². The fraction of sp³-hybridized carbons (Fsp3) is 0.286. The van der Waals surface area contributed by atoms with Gasteiger partial charge in [-0.05, 0) is 43.8 Å². The zero-order valence-electron chi connectivity index (χ0n) is 15.6. The Balaban J connectivity index is 2.05. The molecule has 0 fully saturated rings. The van der Waals surface area contributed by atoms with E-state index >= 15 is 0 Å². The van der Waals surface area contributed by atoms with Crippen LogP contribution in [-0.4, -0.2) is 35.0 Å². The molecular formula is C21H24N2O3S. The van der Waals surface area contributed by atoms with Gasteiger partial charge in [-0.2, -0.15) is 0 Å². The minimum atomic E-state index is -0.289. The molecule has 0 aliphatic carbocycles. The molecule has 0 heterocycles. The van der Waals surface area contributed by atoms with Crippen molar-refractivity contribution in [3.63, 3.8) is 0 Å². The van der Waals surface area contributed by atoms with E-state index in [-0.39, 0.29) is 23.4 Å². The van der Waals surface area contributed by atoms with Gasteiger partial charge in [-0.3, -0.25) is 14.9 Å². The van der Waals surface area contributed by atoms with Gasteiger partial charge >= 0.3 is 5.97 Å². The summed E-state index contributed by atoms with van der Waals surface area (Å²) in [6, 6.07) is 17.0. The second-order valence-corrected chi connectivity index (χ2v) is 6.47. The molecule has 0 aliphatic heterocycles. The van der Waals surface area contributed by atoms with Crippen LogP contribution in [0.5, 0.6) is 0 Å². The van der Waals surface area contributed by atoms with Crippen LogP contribution in [0.15, 0.2) is 54.6 Å². The van der Waals surface area contributed by atoms with E-state index in [2.05, 4.69) is 5.32 Å². The summed E-state index contributed by atoms with van der Waals surface area (Å²) in [5.74, 6) is -0.558. The molecule has 0 radical (unpaired) electrons. The predicted molar refractivity (Wildman–Crippen MR) is 109 cm³/mol. The summed E-state index contributed by atoms with van der Waals surface area (Å²) in [6.45, 7) is 4.93. The molecule has 142 valence electrons. The largest absolute Gasteiger partial charge is 0.466 e. The normalized spacial score (nSPS) is 10.1. The Morgan fingerprint density at radius 1 is 1.07 bits per heavy atom. The van der Waals surface area contributed by atoms with E-state index in [1.54, 1.807) is 24.0 Å². The molecule has 2 rings (SSSR count). The van der Waals surface area contributed by atoms with Gasteiger partial charge in [0, 0.05) is 18.7 Å². The SMILES string of the molecule is CCOC(=O)CCN(Cc1ccccc1)C(=S)NC(=O)c1ccc(C)cc1. The van der Waals surface area contributed by atoms with E-state index in [0.29, 0.717) is 25.3 Å². The highest BCUT2D eigenvalue weighted by Crippen LogP contribution is 2.08. The molecule has 0 spiro atoms. The molecule has 0 saturated heterocycles. The third kappa shape index (κ3) is 6.83. The number of esters is 1. The van der Waals surface area contributed by atoms with Crippen LogP contribution in [0.4, 0.5) is 0 Å². The molecule has 0 bridgehead atoms. The Kier molecular flexibility index (Phi) is 7.95. The Bertz CT molecular complexity index is 776. The third-order valence-electron chi connectivity index (χ3n) is 3.93. The lowest BCUT2D eigenvalue weighted by Crippen LogP contribution is -2.43. The fourth-order valence-electron chi connectivity index (χ4n) is 2.47. The van der Waals surface area contributed by atoms with Crippen LogP contribution in [0.2, 0.25) is 0 Å². The zero-order valence-corrected chi connectivity index (χ0v) is 16.4. The van der Waals surface area contributed by atoms with E-state index < -0.39 is 0 Å². The molecular weight excluding hydrogens is 360 g/mol. The summed E-state index contributed by atoms with van der Waals surface area (Å²) < 4.78 is 4.99. The molecule has 0 aromatic heterocycles. The minimum absolute atomic E-state index is 0.196. The second kappa shape index (κ2) is 10.4. The standard InChI is InChI=1S/C21H24N2O3S/c1-3-26-19(24)13-14-23(15-17-7-5-4-6-8-17)21(27)22-20(25)18-11-9-16(2)10-12-18/h4-12H,3,13-15H2,1-2H3,(H,22,25,27). The number of rotatable bonds is 7. The van der Waals surface area contributed by atoms with Crippen LogP contribution < -0.4 is 5.32 Å². The zero-order chi connectivity index (χ0) is 19.6. The van der Waals surface area contributed by atoms with E-state index in [1.165, 1.54) is 0 Å². The quantitative estimate of drug-likeness (QED) is 0.585. The van der Waals surface area contributed by atoms with Gasteiger partial charge in [0.25, 0.3) is 5.91 Å². The minimum Gasteiger partial charge on any atom is -0.466 e. The summed E-state index contributed by atoms with van der Waals surface area (Å²) in [7, 11) is 0. The van der Waals surface area contributed by atoms with E-state index in [4.69, 9.17) is 17.0 Å². The van der Waals surface area contributed by atoms with Crippen molar-refractivity contribution in [2.75, 3.05) is 13.2 Å². The van der Waals surface area contributed by atoms with Gasteiger partial charge in [-0.15, -0.1) is 0 Å². The maximum absolute atomic E-state index is 12.4. The van der Waals surface area contributed by atoms with E-state index in [0.717, 1.165) is 11.1 Å². The first-order valence-electron chi connectivity index (χ1n) is 8.86. The molecule has 2 aromatic carbocycles. The number of carbonyl (C=O) groups is 2. The number of nitrogens with zero attached hydrogens (tertiary/aromatic N) is 1. The van der Waals surface area contributed by atoms with Gasteiger partial charge in [0.15, 0.2) is 5.11 Å². The summed E-state index contributed by atoms with van der Waals surface area (Å²) in [4.78, 5) is 26.0. The molecule has 0 aliphatic rings. The second-order valence-electron chi connectivity index (χ2n) is 6.09. The third-order valence-corrected chi connectivity index (χ3v) is 4.29. The number of carbonyl (C=O) groups excluding carboxylic acids is 2. The summed E-state index contributed by atoms with van der Waals surface area (Å²) in [6.07, 6.45) is 0.196. The first-order valence-corrected chi connectivity index (χ1v) is 9.27. The van der Waals surface area contributed by atoms with Crippen LogP contribution in [0.25, 0.3) is 0 Å². The number of hydrogen-bond acceptors (Lipinski definition) is 4. The van der Waals surface area contributed by atoms with Gasteiger partial charge in [0.05, 0.1) is 13.0 Å². The van der Waals surface area contributed by atoms with Crippen LogP contribution in [0, 0.1) is 6.92 Å². The van der Waals surface area contributed by atoms with Crippen molar-refractivity contribution in [2.45, 2.75) is 26.8 Å². The molecule has 5 nitrogen and oxygen atoms in total. The van der Waals surface area contributed by atoms with Crippen molar-refractivity contribution < 1.29 is 14.3 Å². The lowest BCUT2D eigenvalue weighted by Gasteiger charge is -2.25. The molecule has 1 N–H and O–H groups in total. The number of hydrogen-bond donors (Lipinski definition) is 1. The number of thiocarbonyl (C=S) groups is 1. The number of ether oxygens (including phenoxy) is 1. The molecule has 0 unspecified atom stereocenters. The number of benzene rings is 2. The van der Waals surface area contributed by atoms with E-state index in [1.807, 2.05) is 49.4 Å². The first-order chi connectivity index (χ1) is 13.0. The molecule has 6 heteroatoms. The van der Waals surface area contributed by atoms with Gasteiger partial charge in [0.1, 0.15) is 0 Å². The van der Waals surface area contributed by atoms with Crippen molar-refractivity contribution >= 4 is 29.2 Å². The molecule has 0 saturated carbocycles. The van der Waals surface area contributed by atoms with Gasteiger partial charge in [0.2, 0.25) is 0 Å². The maximum atomic E-state index is 12.4. The van der Waals surface area contributed by atoms with Gasteiger partial charge in [-0.1, -0.05) is 48.0 Å². The van der Waals surface area contributed by atoms with Crippen LogP contribution in [0.3, 0.4) is 0 Å². The van der Waals surface area contributed by atoms with E-state index in [9.17, 15) is 9.59 Å². The summed E-state index contributed by atoms with van der Waals surface area (Å²) in [5, 5.41) is 3.04. The van der Waals surface area contributed by atoms with Gasteiger partial charge in [-0.25, -0.2) is 0 Å². The summed E-state index contributed by atoms with van der Waals surface area (Å²) in [5.41, 5.74) is 2.65. The number of nitrogens with one attached hydrogen (secondary N) is 1. The fourth-order valence-corrected chi connectivity index (χ4v) is 2.72. The molecule has 1 amide bonds. The topological polar surface area (TPSA) is 58.6 Å². The van der Waals surface area contributed by atoms with Crippen LogP contribution in [-0.2, 0) is 16.1 Å². The Morgan fingerprint density at radius 2 is 1.74 bits per heavy atom. The predicted octanol–water partition coefficient (Wildman–Crippen LogP) is 3.47. The van der Waals surface area contributed by atoms with Crippen molar-refractivity contribution in [3.8, 4) is 0 Å². The molecule has 2 aromatic rings. The highest BCUT2D eigenvalue weighted by Gasteiger charge is 2.16. The Morgan fingerprint density at radius 3 is 2.37 bits per heavy atom. The average Bonchev–Trinajstić information content (AvgIpc) is 2.66. The van der Waals surface area contributed by atoms with Crippen molar-refractivity contribution in [1.29, 1.82) is 0 Å². The van der Waals surface area contributed by atoms with Crippen molar-refractivity contribution in [1.82, 2.24) is 10.2 Å². The highest BCUT2D eigenvalue weighted by molar-refractivity contribution is 7.80. The highest BCUT2D eigenvalue weighted by atomic mass is 32.1. The van der Waals surface area contributed by atoms with Crippen molar-refractivity contribution in [2.24, 2.45) is 0 Å². The summed E-state index contributed by atoms with van der Waals surface area (Å²) >= 11 is 5.44. The average molecular weight is 385 g/mol. The van der Waals surface area contributed by atoms with Gasteiger partial charge < -0.3 is 9.64 Å². The lowest BCUT2D eigenvalue weighted by atomic mass is 10.1. The van der Waals surface area contributed by atoms with Crippen LogP contribution >= 0.6 is 12.2 Å². The monoisotopic (exact) mass is 384 g/mol. The maximum Gasteiger partial charge on any atom is 0.307 e. The number of aryl methyl sites for hydroxylation is 1. The van der Waals surface area contributed by atoms with Crippen LogP contribution in [0.1, 0.15) is 34.8 Å².